The Morgan fingerprint density at radius 3 is 2.48 bits per heavy atom. The van der Waals surface area contributed by atoms with Gasteiger partial charge in [0.25, 0.3) is 0 Å². The van der Waals surface area contributed by atoms with Crippen molar-refractivity contribution in [3.63, 3.8) is 0 Å². The smallest absolute Gasteiger partial charge is 0.328 e. The van der Waals surface area contributed by atoms with Crippen molar-refractivity contribution in [2.75, 3.05) is 0 Å². The summed E-state index contributed by atoms with van der Waals surface area (Å²) in [5, 5.41) is 19.5. The highest BCUT2D eigenvalue weighted by Crippen LogP contribution is 2.53. The molecule has 2 fully saturated rings. The van der Waals surface area contributed by atoms with E-state index in [-0.39, 0.29) is 6.10 Å². The van der Waals surface area contributed by atoms with Gasteiger partial charge in [-0.05, 0) is 74.0 Å². The lowest BCUT2D eigenvalue weighted by Gasteiger charge is -2.52. The van der Waals surface area contributed by atoms with E-state index in [0.717, 1.165) is 25.7 Å². The monoisotopic (exact) mass is 374 g/mol. The third-order valence-electron chi connectivity index (χ3n) is 6.80. The van der Waals surface area contributed by atoms with Crippen molar-refractivity contribution in [3.05, 3.63) is 36.0 Å². The maximum absolute atomic E-state index is 10.8. The van der Waals surface area contributed by atoms with Crippen LogP contribution in [0.1, 0.15) is 60.3 Å². The Kier molecular flexibility index (Phi) is 7.91. The molecular formula is C24H38O3. The van der Waals surface area contributed by atoms with Crippen LogP contribution in [0.15, 0.2) is 36.0 Å². The lowest BCUT2D eigenvalue weighted by molar-refractivity contribution is -0.131. The van der Waals surface area contributed by atoms with Gasteiger partial charge >= 0.3 is 5.97 Å². The number of fused-ring (bicyclic) bond motifs is 1. The zero-order valence-corrected chi connectivity index (χ0v) is 17.6. The first-order valence-corrected chi connectivity index (χ1v) is 10.6. The molecule has 2 N–H and O–H groups in total. The molecule has 27 heavy (non-hydrogen) atoms. The summed E-state index contributed by atoms with van der Waals surface area (Å²) in [4.78, 5) is 10.8. The molecule has 0 heterocycles. The van der Waals surface area contributed by atoms with Gasteiger partial charge < -0.3 is 10.2 Å². The lowest BCUT2D eigenvalue weighted by atomic mass is 9.53. The molecule has 152 valence electrons. The molecule has 0 unspecified atom stereocenters. The van der Waals surface area contributed by atoms with Crippen LogP contribution < -0.4 is 0 Å². The molecule has 2 aliphatic rings. The number of hydrogen-bond acceptors (Lipinski definition) is 2. The van der Waals surface area contributed by atoms with Crippen LogP contribution in [0.25, 0.3) is 0 Å². The molecule has 0 bridgehead atoms. The van der Waals surface area contributed by atoms with Gasteiger partial charge in [0.2, 0.25) is 0 Å². The molecule has 0 spiro atoms. The van der Waals surface area contributed by atoms with Gasteiger partial charge in [-0.2, -0.15) is 0 Å². The summed E-state index contributed by atoms with van der Waals surface area (Å²) in [6, 6.07) is 0. The average Bonchev–Trinajstić information content (AvgIpc) is 2.59. The molecule has 0 radical (unpaired) electrons. The summed E-state index contributed by atoms with van der Waals surface area (Å²) in [6.45, 7) is 11.4. The van der Waals surface area contributed by atoms with E-state index in [2.05, 4.69) is 46.8 Å². The number of aliphatic carboxylic acids is 1. The molecule has 0 amide bonds. The number of carbonyl (C=O) groups is 1. The minimum Gasteiger partial charge on any atom is -0.478 e. The Balaban J connectivity index is 2.36. The standard InChI is InChI=1S/C24H38O3/c1-15(2)10-11-16(3)23-18(5)14-20-21(25)13-12-17(4)24(20)19(23)8-6-7-9-22(26)27/h6-9,11,15,17-21,23-25H,10,12-14H2,1-5H3,(H,26,27)/t17-,18+,19+,20-,21-,23+,24-/m0/s1. The molecule has 0 aromatic heterocycles. The van der Waals surface area contributed by atoms with Crippen LogP contribution in [0.3, 0.4) is 0 Å². The van der Waals surface area contributed by atoms with Crippen LogP contribution in [-0.2, 0) is 4.79 Å². The van der Waals surface area contributed by atoms with Gasteiger partial charge in [-0.1, -0.05) is 57.6 Å². The average molecular weight is 375 g/mol. The van der Waals surface area contributed by atoms with Crippen LogP contribution in [0.4, 0.5) is 0 Å². The molecular weight excluding hydrogens is 336 g/mol. The largest absolute Gasteiger partial charge is 0.478 e. The van der Waals surface area contributed by atoms with Crippen molar-refractivity contribution in [1.29, 1.82) is 0 Å². The van der Waals surface area contributed by atoms with Crippen molar-refractivity contribution >= 4 is 5.97 Å². The summed E-state index contributed by atoms with van der Waals surface area (Å²) >= 11 is 0. The van der Waals surface area contributed by atoms with Gasteiger partial charge in [-0.15, -0.1) is 0 Å². The fourth-order valence-electron chi connectivity index (χ4n) is 5.58. The van der Waals surface area contributed by atoms with Crippen molar-refractivity contribution in [2.24, 2.45) is 41.4 Å². The van der Waals surface area contributed by atoms with Crippen molar-refractivity contribution in [2.45, 2.75) is 66.4 Å². The molecule has 0 aromatic carbocycles. The van der Waals surface area contributed by atoms with E-state index in [9.17, 15) is 9.90 Å². The number of rotatable bonds is 6. The number of aliphatic hydroxyl groups excluding tert-OH is 1. The first kappa shape index (κ1) is 21.9. The van der Waals surface area contributed by atoms with Gasteiger partial charge in [0.1, 0.15) is 0 Å². The van der Waals surface area contributed by atoms with Crippen LogP contribution in [0.2, 0.25) is 0 Å². The minimum atomic E-state index is -0.916. The first-order valence-electron chi connectivity index (χ1n) is 10.6. The third kappa shape index (κ3) is 5.57. The number of allylic oxidation sites excluding steroid dienone is 5. The topological polar surface area (TPSA) is 57.5 Å². The molecule has 2 aliphatic carbocycles. The van der Waals surface area contributed by atoms with Gasteiger partial charge in [-0.3, -0.25) is 0 Å². The van der Waals surface area contributed by atoms with Crippen molar-refractivity contribution in [1.82, 2.24) is 0 Å². The number of hydrogen-bond donors (Lipinski definition) is 2. The van der Waals surface area contributed by atoms with E-state index < -0.39 is 5.97 Å². The van der Waals surface area contributed by atoms with E-state index >= 15 is 0 Å². The summed E-state index contributed by atoms with van der Waals surface area (Å²) in [5.74, 6) is 2.48. The predicted molar refractivity (Wildman–Crippen MR) is 111 cm³/mol. The second kappa shape index (κ2) is 9.73. The van der Waals surface area contributed by atoms with E-state index in [1.807, 2.05) is 6.08 Å². The van der Waals surface area contributed by atoms with Gasteiger partial charge in [0.15, 0.2) is 0 Å². The van der Waals surface area contributed by atoms with E-state index in [0.29, 0.717) is 41.4 Å². The van der Waals surface area contributed by atoms with Crippen LogP contribution >= 0.6 is 0 Å². The van der Waals surface area contributed by atoms with E-state index in [1.165, 1.54) is 11.6 Å². The zero-order valence-electron chi connectivity index (χ0n) is 17.6. The van der Waals surface area contributed by atoms with E-state index in [1.54, 1.807) is 6.08 Å². The summed E-state index contributed by atoms with van der Waals surface area (Å²) in [5.41, 5.74) is 1.46. The highest BCUT2D eigenvalue weighted by atomic mass is 16.4. The number of carboxylic acids is 1. The lowest BCUT2D eigenvalue weighted by Crippen LogP contribution is -2.48. The predicted octanol–water partition coefficient (Wildman–Crippen LogP) is 5.47. The fourth-order valence-corrected chi connectivity index (χ4v) is 5.58. The molecule has 3 nitrogen and oxygen atoms in total. The Hall–Kier alpha value is -1.35. The molecule has 7 atom stereocenters. The molecule has 2 saturated carbocycles. The van der Waals surface area contributed by atoms with Crippen LogP contribution in [0.5, 0.6) is 0 Å². The number of carboxylic acid groups (broad SMARTS) is 1. The third-order valence-corrected chi connectivity index (χ3v) is 6.80. The highest BCUT2D eigenvalue weighted by Gasteiger charge is 2.48. The Bertz CT molecular complexity index is 586. The summed E-state index contributed by atoms with van der Waals surface area (Å²) in [7, 11) is 0. The van der Waals surface area contributed by atoms with Crippen LogP contribution in [0, 0.1) is 41.4 Å². The van der Waals surface area contributed by atoms with Gasteiger partial charge in [0, 0.05) is 6.08 Å². The van der Waals surface area contributed by atoms with Crippen LogP contribution in [-0.4, -0.2) is 22.3 Å². The SMILES string of the molecule is CC(=CCC(C)C)[C@H]1[C@@H](C=CC=CC(=O)O)[C@H]2[C@@H](C[C@H]1C)[C@@H](O)CC[C@@H]2C. The number of aliphatic hydroxyl groups is 1. The molecule has 0 aromatic rings. The van der Waals surface area contributed by atoms with Gasteiger partial charge in [-0.25, -0.2) is 4.79 Å². The second-order valence-corrected chi connectivity index (χ2v) is 9.34. The summed E-state index contributed by atoms with van der Waals surface area (Å²) < 4.78 is 0. The Labute approximate surface area is 165 Å². The van der Waals surface area contributed by atoms with Gasteiger partial charge in [0.05, 0.1) is 6.10 Å². The van der Waals surface area contributed by atoms with Crippen molar-refractivity contribution < 1.29 is 15.0 Å². The quantitative estimate of drug-likeness (QED) is 0.368. The van der Waals surface area contributed by atoms with Crippen molar-refractivity contribution in [3.8, 4) is 0 Å². The second-order valence-electron chi connectivity index (χ2n) is 9.34. The first-order chi connectivity index (χ1) is 12.7. The molecule has 3 heteroatoms. The highest BCUT2D eigenvalue weighted by molar-refractivity contribution is 5.80. The Morgan fingerprint density at radius 1 is 1.15 bits per heavy atom. The maximum atomic E-state index is 10.8. The zero-order chi connectivity index (χ0) is 20.1. The maximum Gasteiger partial charge on any atom is 0.328 e. The normalized spacial score (nSPS) is 37.9. The molecule has 2 rings (SSSR count). The molecule has 0 saturated heterocycles. The fraction of sp³-hybridized carbons (Fsp3) is 0.708. The summed E-state index contributed by atoms with van der Waals surface area (Å²) in [6.07, 6.45) is 13.3. The minimum absolute atomic E-state index is 0.194. The van der Waals surface area contributed by atoms with E-state index in [4.69, 9.17) is 5.11 Å². The Morgan fingerprint density at radius 2 is 1.85 bits per heavy atom. The molecule has 0 aliphatic heterocycles.